The third-order valence-corrected chi connectivity index (χ3v) is 5.39. The van der Waals surface area contributed by atoms with Crippen LogP contribution in [0, 0.1) is 0 Å². The van der Waals surface area contributed by atoms with E-state index < -0.39 is 0 Å². The number of guanidine groups is 1. The first-order chi connectivity index (χ1) is 13.2. The highest BCUT2D eigenvalue weighted by molar-refractivity contribution is 6.02. The smallest absolute Gasteiger partial charge is 0.200 e. The maximum Gasteiger partial charge on any atom is 0.200 e. The Morgan fingerprint density at radius 1 is 1.00 bits per heavy atom. The van der Waals surface area contributed by atoms with Crippen LogP contribution >= 0.6 is 0 Å². The van der Waals surface area contributed by atoms with Crippen LogP contribution in [0.25, 0.3) is 21.7 Å². The molecule has 1 aliphatic carbocycles. The van der Waals surface area contributed by atoms with Gasteiger partial charge in [-0.25, -0.2) is 4.99 Å². The Kier molecular flexibility index (Phi) is 3.57. The third-order valence-electron chi connectivity index (χ3n) is 5.39. The number of hydrogen-bond donors (Lipinski definition) is 1. The number of nitrogens with zero attached hydrogens (tertiary/aromatic N) is 3. The number of fused-ring (bicyclic) bond motifs is 1. The van der Waals surface area contributed by atoms with Gasteiger partial charge in [0.05, 0.1) is 11.2 Å². The molecule has 0 aliphatic heterocycles. The Labute approximate surface area is 158 Å². The second-order valence-electron chi connectivity index (χ2n) is 6.99. The van der Waals surface area contributed by atoms with Crippen LogP contribution in [-0.4, -0.2) is 18.0 Å². The maximum absolute atomic E-state index is 6.37. The minimum absolute atomic E-state index is 0.484. The Morgan fingerprint density at radius 3 is 2.81 bits per heavy atom. The Bertz CT molecular complexity index is 1210. The summed E-state index contributed by atoms with van der Waals surface area (Å²) >= 11 is 0. The van der Waals surface area contributed by atoms with Gasteiger partial charge in [0.2, 0.25) is 5.96 Å². The van der Waals surface area contributed by atoms with Crippen LogP contribution in [0.1, 0.15) is 11.1 Å². The SMILES string of the molecule is CN(C(N)=Nc1ccc2ncccc2c1)c1ccc2cccc3c2c1CC3. The topological polar surface area (TPSA) is 54.5 Å². The summed E-state index contributed by atoms with van der Waals surface area (Å²) in [6.45, 7) is 0. The predicted octanol–water partition coefficient (Wildman–Crippen LogP) is 4.57. The van der Waals surface area contributed by atoms with Crippen molar-refractivity contribution in [1.29, 1.82) is 0 Å². The lowest BCUT2D eigenvalue weighted by Crippen LogP contribution is -2.34. The molecule has 132 valence electrons. The molecule has 3 aromatic carbocycles. The van der Waals surface area contributed by atoms with Crippen molar-refractivity contribution in [2.45, 2.75) is 12.8 Å². The third kappa shape index (κ3) is 2.61. The molecule has 0 saturated heterocycles. The fraction of sp³-hybridized carbons (Fsp3) is 0.130. The fourth-order valence-corrected chi connectivity index (χ4v) is 4.02. The molecule has 1 aliphatic rings. The maximum atomic E-state index is 6.37. The minimum atomic E-state index is 0.484. The van der Waals surface area contributed by atoms with Crippen LogP contribution in [0.2, 0.25) is 0 Å². The van der Waals surface area contributed by atoms with Gasteiger partial charge >= 0.3 is 0 Å². The van der Waals surface area contributed by atoms with Crippen LogP contribution in [0.15, 0.2) is 71.9 Å². The molecular formula is C23H20N4. The van der Waals surface area contributed by atoms with Gasteiger partial charge in [-0.15, -0.1) is 0 Å². The molecule has 1 heterocycles. The molecular weight excluding hydrogens is 332 g/mol. The molecule has 1 aromatic heterocycles. The van der Waals surface area contributed by atoms with E-state index >= 15 is 0 Å². The quantitative estimate of drug-likeness (QED) is 0.425. The average Bonchev–Trinajstić information content (AvgIpc) is 3.14. The van der Waals surface area contributed by atoms with E-state index in [2.05, 4.69) is 40.3 Å². The highest BCUT2D eigenvalue weighted by atomic mass is 15.2. The zero-order chi connectivity index (χ0) is 18.4. The number of pyridine rings is 1. The molecule has 0 spiro atoms. The van der Waals surface area contributed by atoms with E-state index in [9.17, 15) is 0 Å². The number of aromatic nitrogens is 1. The molecule has 0 amide bonds. The van der Waals surface area contributed by atoms with E-state index in [-0.39, 0.29) is 0 Å². The van der Waals surface area contributed by atoms with Crippen LogP contribution in [0.5, 0.6) is 0 Å². The number of benzene rings is 3. The Balaban J connectivity index is 1.54. The monoisotopic (exact) mass is 352 g/mol. The van der Waals surface area contributed by atoms with Crippen molar-refractivity contribution in [3.8, 4) is 0 Å². The van der Waals surface area contributed by atoms with Crippen LogP contribution in [0.3, 0.4) is 0 Å². The zero-order valence-electron chi connectivity index (χ0n) is 15.2. The summed E-state index contributed by atoms with van der Waals surface area (Å²) in [5, 5.41) is 3.74. The lowest BCUT2D eigenvalue weighted by atomic mass is 10.0. The first-order valence-corrected chi connectivity index (χ1v) is 9.17. The van der Waals surface area contributed by atoms with Crippen LogP contribution < -0.4 is 10.6 Å². The van der Waals surface area contributed by atoms with E-state index in [1.165, 1.54) is 21.9 Å². The molecule has 0 fully saturated rings. The van der Waals surface area contributed by atoms with Gasteiger partial charge in [-0.2, -0.15) is 0 Å². The Morgan fingerprint density at radius 2 is 1.89 bits per heavy atom. The molecule has 4 nitrogen and oxygen atoms in total. The lowest BCUT2D eigenvalue weighted by molar-refractivity contribution is 1.02. The van der Waals surface area contributed by atoms with Crippen molar-refractivity contribution in [1.82, 2.24) is 4.98 Å². The highest BCUT2D eigenvalue weighted by Crippen LogP contribution is 2.37. The summed E-state index contributed by atoms with van der Waals surface area (Å²) in [6, 6.07) is 20.8. The number of aliphatic imine (C=N–C) groups is 1. The number of rotatable bonds is 2. The van der Waals surface area contributed by atoms with Gasteiger partial charge in [0.1, 0.15) is 0 Å². The standard InChI is InChI=1S/C23H20N4/c1-27(21-12-8-16-5-2-4-15-7-10-19(21)22(15)16)23(24)26-18-9-11-20-17(14-18)6-3-13-25-20/h2-6,8-9,11-14H,7,10H2,1H3,(H2,24,26). The van der Waals surface area contributed by atoms with E-state index in [0.717, 1.165) is 35.1 Å². The summed E-state index contributed by atoms with van der Waals surface area (Å²) < 4.78 is 0. The molecule has 4 aromatic rings. The molecule has 0 atom stereocenters. The van der Waals surface area contributed by atoms with Gasteiger partial charge in [-0.3, -0.25) is 4.98 Å². The van der Waals surface area contributed by atoms with Crippen molar-refractivity contribution >= 4 is 39.0 Å². The average molecular weight is 352 g/mol. The summed E-state index contributed by atoms with van der Waals surface area (Å²) in [4.78, 5) is 11.0. The summed E-state index contributed by atoms with van der Waals surface area (Å²) in [7, 11) is 1.99. The van der Waals surface area contributed by atoms with Crippen molar-refractivity contribution in [3.05, 3.63) is 78.0 Å². The fourth-order valence-electron chi connectivity index (χ4n) is 4.02. The first kappa shape index (κ1) is 15.8. The van der Waals surface area contributed by atoms with Crippen LogP contribution in [0.4, 0.5) is 11.4 Å². The van der Waals surface area contributed by atoms with Gasteiger partial charge in [0.15, 0.2) is 0 Å². The number of nitrogens with two attached hydrogens (primary N) is 1. The van der Waals surface area contributed by atoms with E-state index in [1.54, 1.807) is 6.20 Å². The molecule has 27 heavy (non-hydrogen) atoms. The predicted molar refractivity (Wildman–Crippen MR) is 113 cm³/mol. The van der Waals surface area contributed by atoms with Gasteiger partial charge in [-0.05, 0) is 65.1 Å². The number of aryl methyl sites for hydroxylation is 2. The molecule has 2 N–H and O–H groups in total. The molecule has 5 rings (SSSR count). The summed E-state index contributed by atoms with van der Waals surface area (Å²) in [5.41, 5.74) is 12.1. The minimum Gasteiger partial charge on any atom is -0.369 e. The molecule has 0 radical (unpaired) electrons. The van der Waals surface area contributed by atoms with Crippen molar-refractivity contribution < 1.29 is 0 Å². The van der Waals surface area contributed by atoms with E-state index in [0.29, 0.717) is 5.96 Å². The summed E-state index contributed by atoms with van der Waals surface area (Å²) in [5.74, 6) is 0.484. The second-order valence-corrected chi connectivity index (χ2v) is 6.99. The van der Waals surface area contributed by atoms with Gasteiger partial charge in [0, 0.05) is 24.3 Å². The second kappa shape index (κ2) is 6.09. The summed E-state index contributed by atoms with van der Waals surface area (Å²) in [6.07, 6.45) is 3.93. The molecule has 4 heteroatoms. The van der Waals surface area contributed by atoms with E-state index in [1.807, 2.05) is 42.3 Å². The van der Waals surface area contributed by atoms with Crippen molar-refractivity contribution in [2.24, 2.45) is 10.7 Å². The van der Waals surface area contributed by atoms with Gasteiger partial charge in [-0.1, -0.05) is 30.3 Å². The van der Waals surface area contributed by atoms with Gasteiger partial charge < -0.3 is 10.6 Å². The number of anilines is 1. The zero-order valence-corrected chi connectivity index (χ0v) is 15.2. The first-order valence-electron chi connectivity index (χ1n) is 9.17. The number of hydrogen-bond acceptors (Lipinski definition) is 2. The largest absolute Gasteiger partial charge is 0.369 e. The van der Waals surface area contributed by atoms with E-state index in [4.69, 9.17) is 5.73 Å². The molecule has 0 bridgehead atoms. The van der Waals surface area contributed by atoms with Crippen molar-refractivity contribution in [3.63, 3.8) is 0 Å². The normalized spacial score (nSPS) is 13.4. The molecule has 0 saturated carbocycles. The lowest BCUT2D eigenvalue weighted by Gasteiger charge is -2.21. The molecule has 0 unspecified atom stereocenters. The van der Waals surface area contributed by atoms with Gasteiger partial charge in [0.25, 0.3) is 0 Å². The van der Waals surface area contributed by atoms with Crippen molar-refractivity contribution in [2.75, 3.05) is 11.9 Å². The highest BCUT2D eigenvalue weighted by Gasteiger charge is 2.20. The Hall–Kier alpha value is -3.40. The van der Waals surface area contributed by atoms with Crippen LogP contribution in [-0.2, 0) is 12.8 Å².